The lowest BCUT2D eigenvalue weighted by atomic mass is 10.2. The van der Waals surface area contributed by atoms with Crippen LogP contribution in [-0.2, 0) is 19.6 Å². The van der Waals surface area contributed by atoms with Crippen molar-refractivity contribution in [1.82, 2.24) is 29.4 Å². The summed E-state index contributed by atoms with van der Waals surface area (Å²) in [5.41, 5.74) is 3.59. The molecule has 4 rings (SSSR count). The molecule has 0 bridgehead atoms. The van der Waals surface area contributed by atoms with Gasteiger partial charge in [-0.15, -0.1) is 5.10 Å². The average Bonchev–Trinajstić information content (AvgIpc) is 3.15. The first-order valence-corrected chi connectivity index (χ1v) is 7.90. The van der Waals surface area contributed by atoms with Crippen LogP contribution in [0.15, 0.2) is 12.5 Å². The van der Waals surface area contributed by atoms with E-state index in [4.69, 9.17) is 0 Å². The van der Waals surface area contributed by atoms with Crippen molar-refractivity contribution >= 4 is 0 Å². The molecule has 1 aliphatic heterocycles. The van der Waals surface area contributed by atoms with E-state index < -0.39 is 0 Å². The summed E-state index contributed by atoms with van der Waals surface area (Å²) in [6, 6.07) is 0. The second-order valence-corrected chi connectivity index (χ2v) is 6.40. The van der Waals surface area contributed by atoms with Crippen molar-refractivity contribution in [3.8, 4) is 0 Å². The zero-order chi connectivity index (χ0) is 14.2. The summed E-state index contributed by atoms with van der Waals surface area (Å²) < 4.78 is 4.26. The van der Waals surface area contributed by atoms with Gasteiger partial charge in [-0.1, -0.05) is 5.21 Å². The van der Waals surface area contributed by atoms with Crippen LogP contribution in [0.4, 0.5) is 0 Å². The number of hydrogen-bond donors (Lipinski definition) is 0. The molecule has 0 saturated heterocycles. The van der Waals surface area contributed by atoms with E-state index >= 15 is 0 Å². The zero-order valence-corrected chi connectivity index (χ0v) is 12.6. The first-order valence-electron chi connectivity index (χ1n) is 7.90. The standard InChI is InChI=1S/C15H22N6/c1-12-7-17-18-21(12)9-14-15-10-19(8-13-3-4-13)5-2-6-20(15)11-16-14/h7,11,13H,2-6,8-10H2,1H3. The van der Waals surface area contributed by atoms with E-state index in [1.165, 1.54) is 38.0 Å². The topological polar surface area (TPSA) is 51.8 Å². The van der Waals surface area contributed by atoms with Gasteiger partial charge in [-0.2, -0.15) is 0 Å². The van der Waals surface area contributed by atoms with Crippen molar-refractivity contribution in [3.63, 3.8) is 0 Å². The molecule has 0 amide bonds. The minimum atomic E-state index is 0.728. The summed E-state index contributed by atoms with van der Waals surface area (Å²) in [6.45, 7) is 7.34. The minimum absolute atomic E-state index is 0.728. The maximum absolute atomic E-state index is 4.63. The molecule has 21 heavy (non-hydrogen) atoms. The van der Waals surface area contributed by atoms with Gasteiger partial charge in [0.1, 0.15) is 0 Å². The predicted octanol–water partition coefficient (Wildman–Crippen LogP) is 1.45. The molecule has 0 atom stereocenters. The summed E-state index contributed by atoms with van der Waals surface area (Å²) >= 11 is 0. The molecule has 1 fully saturated rings. The number of hydrogen-bond acceptors (Lipinski definition) is 4. The Morgan fingerprint density at radius 1 is 1.29 bits per heavy atom. The monoisotopic (exact) mass is 286 g/mol. The van der Waals surface area contributed by atoms with Gasteiger partial charge in [-0.25, -0.2) is 9.67 Å². The van der Waals surface area contributed by atoms with E-state index in [1.807, 2.05) is 17.9 Å². The van der Waals surface area contributed by atoms with E-state index in [0.717, 1.165) is 36.9 Å². The van der Waals surface area contributed by atoms with Gasteiger partial charge >= 0.3 is 0 Å². The molecule has 3 heterocycles. The fourth-order valence-corrected chi connectivity index (χ4v) is 3.14. The number of rotatable bonds is 4. The average molecular weight is 286 g/mol. The zero-order valence-electron chi connectivity index (χ0n) is 12.6. The fourth-order valence-electron chi connectivity index (χ4n) is 3.14. The molecule has 0 radical (unpaired) electrons. The highest BCUT2D eigenvalue weighted by Gasteiger charge is 2.26. The van der Waals surface area contributed by atoms with Crippen LogP contribution in [0.3, 0.4) is 0 Å². The van der Waals surface area contributed by atoms with Crippen LogP contribution in [0.2, 0.25) is 0 Å². The van der Waals surface area contributed by atoms with Gasteiger partial charge in [-0.3, -0.25) is 4.90 Å². The number of fused-ring (bicyclic) bond motifs is 1. The van der Waals surface area contributed by atoms with Crippen LogP contribution in [-0.4, -0.2) is 42.5 Å². The Kier molecular flexibility index (Phi) is 3.25. The smallest absolute Gasteiger partial charge is 0.0952 e. The van der Waals surface area contributed by atoms with Gasteiger partial charge in [0.25, 0.3) is 0 Å². The lowest BCUT2D eigenvalue weighted by Gasteiger charge is -2.19. The van der Waals surface area contributed by atoms with E-state index in [2.05, 4.69) is 24.8 Å². The SMILES string of the molecule is Cc1cnnn1Cc1ncn2c1CN(CC1CC1)CCC2. The molecule has 0 spiro atoms. The molecule has 0 unspecified atom stereocenters. The Hall–Kier alpha value is -1.69. The van der Waals surface area contributed by atoms with Crippen LogP contribution in [0.25, 0.3) is 0 Å². The molecule has 2 aromatic heterocycles. The van der Waals surface area contributed by atoms with E-state index in [-0.39, 0.29) is 0 Å². The van der Waals surface area contributed by atoms with Crippen molar-refractivity contribution in [2.45, 2.75) is 45.8 Å². The highest BCUT2D eigenvalue weighted by molar-refractivity contribution is 5.15. The third-order valence-electron chi connectivity index (χ3n) is 4.60. The molecule has 0 aromatic carbocycles. The normalized spacial score (nSPS) is 19.5. The third kappa shape index (κ3) is 2.72. The highest BCUT2D eigenvalue weighted by Crippen LogP contribution is 2.31. The minimum Gasteiger partial charge on any atom is -0.333 e. The quantitative estimate of drug-likeness (QED) is 0.853. The summed E-state index contributed by atoms with van der Waals surface area (Å²) in [6.07, 6.45) is 7.85. The van der Waals surface area contributed by atoms with Crippen molar-refractivity contribution < 1.29 is 0 Å². The van der Waals surface area contributed by atoms with Gasteiger partial charge in [0, 0.05) is 26.2 Å². The number of imidazole rings is 1. The van der Waals surface area contributed by atoms with Gasteiger partial charge in [-0.05, 0) is 32.1 Å². The summed E-state index contributed by atoms with van der Waals surface area (Å²) in [5.74, 6) is 0.945. The lowest BCUT2D eigenvalue weighted by molar-refractivity contribution is 0.257. The Balaban J connectivity index is 1.56. The molecule has 2 aliphatic rings. The summed E-state index contributed by atoms with van der Waals surface area (Å²) in [4.78, 5) is 7.24. The molecule has 112 valence electrons. The van der Waals surface area contributed by atoms with Gasteiger partial charge in [0.05, 0.1) is 36.2 Å². The lowest BCUT2D eigenvalue weighted by Crippen LogP contribution is -2.26. The van der Waals surface area contributed by atoms with Crippen molar-refractivity contribution in [3.05, 3.63) is 29.6 Å². The van der Waals surface area contributed by atoms with E-state index in [1.54, 1.807) is 6.20 Å². The van der Waals surface area contributed by atoms with Crippen molar-refractivity contribution in [2.24, 2.45) is 5.92 Å². The Morgan fingerprint density at radius 2 is 2.19 bits per heavy atom. The Labute approximate surface area is 124 Å². The Bertz CT molecular complexity index is 624. The van der Waals surface area contributed by atoms with Crippen LogP contribution in [0.1, 0.15) is 36.3 Å². The highest BCUT2D eigenvalue weighted by atomic mass is 15.4. The van der Waals surface area contributed by atoms with Crippen molar-refractivity contribution in [2.75, 3.05) is 13.1 Å². The number of aromatic nitrogens is 5. The maximum atomic E-state index is 4.63. The molecular weight excluding hydrogens is 264 g/mol. The van der Waals surface area contributed by atoms with Crippen LogP contribution < -0.4 is 0 Å². The molecule has 1 aliphatic carbocycles. The second-order valence-electron chi connectivity index (χ2n) is 6.40. The molecular formula is C15H22N6. The van der Waals surface area contributed by atoms with Crippen LogP contribution >= 0.6 is 0 Å². The first kappa shape index (κ1) is 13.0. The third-order valence-corrected chi connectivity index (χ3v) is 4.60. The summed E-state index contributed by atoms with van der Waals surface area (Å²) in [5, 5.41) is 8.11. The number of aryl methyl sites for hydroxylation is 2. The van der Waals surface area contributed by atoms with Gasteiger partial charge in [0.15, 0.2) is 0 Å². The molecule has 1 saturated carbocycles. The van der Waals surface area contributed by atoms with E-state index in [0.29, 0.717) is 0 Å². The fraction of sp³-hybridized carbons (Fsp3) is 0.667. The van der Waals surface area contributed by atoms with Crippen molar-refractivity contribution in [1.29, 1.82) is 0 Å². The van der Waals surface area contributed by atoms with Crippen LogP contribution in [0.5, 0.6) is 0 Å². The Morgan fingerprint density at radius 3 is 2.95 bits per heavy atom. The molecule has 6 nitrogen and oxygen atoms in total. The van der Waals surface area contributed by atoms with E-state index in [9.17, 15) is 0 Å². The predicted molar refractivity (Wildman–Crippen MR) is 78.7 cm³/mol. The largest absolute Gasteiger partial charge is 0.333 e. The molecule has 0 N–H and O–H groups in total. The summed E-state index contributed by atoms with van der Waals surface area (Å²) in [7, 11) is 0. The number of nitrogens with zero attached hydrogens (tertiary/aromatic N) is 6. The molecule has 2 aromatic rings. The first-order chi connectivity index (χ1) is 10.3. The van der Waals surface area contributed by atoms with Crippen LogP contribution in [0, 0.1) is 12.8 Å². The van der Waals surface area contributed by atoms with Gasteiger partial charge in [0.2, 0.25) is 0 Å². The van der Waals surface area contributed by atoms with Gasteiger partial charge < -0.3 is 4.57 Å². The second kappa shape index (κ2) is 5.26. The maximum Gasteiger partial charge on any atom is 0.0952 e. The molecule has 6 heteroatoms.